The van der Waals surface area contributed by atoms with Crippen molar-refractivity contribution < 1.29 is 23.9 Å². The molecule has 1 rings (SSSR count). The van der Waals surface area contributed by atoms with Gasteiger partial charge in [-0.15, -0.1) is 0 Å². The van der Waals surface area contributed by atoms with E-state index in [9.17, 15) is 18.8 Å². The molecule has 0 saturated heterocycles. The van der Waals surface area contributed by atoms with Gasteiger partial charge in [-0.2, -0.15) is 0 Å². The van der Waals surface area contributed by atoms with E-state index in [2.05, 4.69) is 26.6 Å². The second-order valence-electron chi connectivity index (χ2n) is 3.79. The smallest absolute Gasteiger partial charge is 0.326 e. The average Bonchev–Trinajstić information content (AvgIpc) is 2.32. The van der Waals surface area contributed by atoms with Crippen LogP contribution in [-0.2, 0) is 9.59 Å². The molecular formula is C11H11BrFN3O4. The first-order valence-corrected chi connectivity index (χ1v) is 6.12. The summed E-state index contributed by atoms with van der Waals surface area (Å²) in [5, 5.41) is 13.2. The minimum atomic E-state index is -1.43. The molecule has 9 heteroatoms. The fourth-order valence-electron chi connectivity index (χ4n) is 1.30. The molecule has 0 radical (unpaired) electrons. The largest absolute Gasteiger partial charge is 0.480 e. The normalized spacial score (nSPS) is 11.5. The Bertz CT molecular complexity index is 552. The Morgan fingerprint density at radius 2 is 2.05 bits per heavy atom. The Balaban J connectivity index is 2.67. The van der Waals surface area contributed by atoms with Crippen molar-refractivity contribution in [2.45, 2.75) is 12.5 Å². The third-order valence-corrected chi connectivity index (χ3v) is 2.79. The number of hydrogen-bond donors (Lipinski definition) is 4. The molecule has 0 bridgehead atoms. The fourth-order valence-corrected chi connectivity index (χ4v) is 1.68. The van der Waals surface area contributed by atoms with Crippen molar-refractivity contribution >= 4 is 39.5 Å². The van der Waals surface area contributed by atoms with Gasteiger partial charge in [-0.25, -0.2) is 14.0 Å². The lowest BCUT2D eigenvalue weighted by molar-refractivity contribution is -0.140. The number of carboxylic acids is 1. The highest BCUT2D eigenvalue weighted by Crippen LogP contribution is 2.19. The highest BCUT2D eigenvalue weighted by atomic mass is 79.9. The molecule has 1 atom stereocenters. The Morgan fingerprint density at radius 3 is 2.55 bits per heavy atom. The van der Waals surface area contributed by atoms with E-state index < -0.39 is 36.2 Å². The predicted molar refractivity (Wildman–Crippen MR) is 71.5 cm³/mol. The third-order valence-electron chi connectivity index (χ3n) is 2.19. The highest BCUT2D eigenvalue weighted by Gasteiger charge is 2.22. The maximum Gasteiger partial charge on any atom is 0.326 e. The number of anilines is 1. The van der Waals surface area contributed by atoms with E-state index in [0.717, 1.165) is 6.07 Å². The van der Waals surface area contributed by atoms with Gasteiger partial charge in [0.25, 0.3) is 0 Å². The molecule has 1 aromatic rings. The first-order chi connectivity index (χ1) is 9.29. The summed E-state index contributed by atoms with van der Waals surface area (Å²) in [5.41, 5.74) is 5.12. The van der Waals surface area contributed by atoms with Crippen LogP contribution in [0.25, 0.3) is 0 Å². The number of halogens is 2. The maximum atomic E-state index is 13.0. The molecule has 0 aromatic heterocycles. The zero-order valence-electron chi connectivity index (χ0n) is 10.0. The first-order valence-electron chi connectivity index (χ1n) is 5.33. The quantitative estimate of drug-likeness (QED) is 0.635. The molecule has 0 aliphatic heterocycles. The molecule has 0 fully saturated rings. The van der Waals surface area contributed by atoms with Crippen LogP contribution in [-0.4, -0.2) is 29.1 Å². The molecule has 3 amide bonds. The Labute approximate surface area is 121 Å². The molecule has 5 N–H and O–H groups in total. The number of urea groups is 1. The van der Waals surface area contributed by atoms with Crippen LogP contribution >= 0.6 is 15.9 Å². The number of benzene rings is 1. The molecular weight excluding hydrogens is 337 g/mol. The van der Waals surface area contributed by atoms with Gasteiger partial charge in [0.1, 0.15) is 11.9 Å². The van der Waals surface area contributed by atoms with Gasteiger partial charge in [0.15, 0.2) is 0 Å². The van der Waals surface area contributed by atoms with E-state index in [4.69, 9.17) is 10.8 Å². The van der Waals surface area contributed by atoms with Crippen molar-refractivity contribution in [1.82, 2.24) is 5.32 Å². The molecule has 1 aromatic carbocycles. The Hall–Kier alpha value is -2.16. The molecule has 108 valence electrons. The summed E-state index contributed by atoms with van der Waals surface area (Å²) in [5.74, 6) is -2.76. The number of nitrogens with two attached hydrogens (primary N) is 1. The zero-order valence-corrected chi connectivity index (χ0v) is 11.6. The Morgan fingerprint density at radius 1 is 1.40 bits per heavy atom. The average molecular weight is 348 g/mol. The summed E-state index contributed by atoms with van der Waals surface area (Å²) >= 11 is 2.94. The topological polar surface area (TPSA) is 122 Å². The molecule has 7 nitrogen and oxygen atoms in total. The fraction of sp³-hybridized carbons (Fsp3) is 0.182. The number of aliphatic carboxylic acids is 1. The molecule has 20 heavy (non-hydrogen) atoms. The van der Waals surface area contributed by atoms with Crippen LogP contribution in [0.3, 0.4) is 0 Å². The van der Waals surface area contributed by atoms with Gasteiger partial charge in [0, 0.05) is 5.69 Å². The van der Waals surface area contributed by atoms with Crippen LogP contribution in [0.4, 0.5) is 14.9 Å². The summed E-state index contributed by atoms with van der Waals surface area (Å²) in [4.78, 5) is 33.0. The predicted octanol–water partition coefficient (Wildman–Crippen LogP) is 1.04. The van der Waals surface area contributed by atoms with Crippen LogP contribution < -0.4 is 16.4 Å². The highest BCUT2D eigenvalue weighted by molar-refractivity contribution is 9.10. The van der Waals surface area contributed by atoms with E-state index in [1.54, 1.807) is 0 Å². The monoisotopic (exact) mass is 347 g/mol. The van der Waals surface area contributed by atoms with Gasteiger partial charge in [-0.1, -0.05) is 0 Å². The molecule has 0 heterocycles. The minimum absolute atomic E-state index is 0.141. The van der Waals surface area contributed by atoms with Crippen molar-refractivity contribution in [3.63, 3.8) is 0 Å². The second-order valence-corrected chi connectivity index (χ2v) is 4.64. The van der Waals surface area contributed by atoms with Gasteiger partial charge < -0.3 is 21.5 Å². The number of rotatable bonds is 5. The van der Waals surface area contributed by atoms with Crippen molar-refractivity contribution in [2.75, 3.05) is 5.32 Å². The molecule has 0 aliphatic rings. The van der Waals surface area contributed by atoms with Gasteiger partial charge in [-0.3, -0.25) is 4.79 Å². The molecule has 0 spiro atoms. The SMILES string of the molecule is NC(=O)CC(NC(=O)Nc1ccc(F)c(Br)c1)C(=O)O. The summed E-state index contributed by atoms with van der Waals surface area (Å²) in [7, 11) is 0. The van der Waals surface area contributed by atoms with Crippen LogP contribution in [0.2, 0.25) is 0 Å². The van der Waals surface area contributed by atoms with E-state index in [1.165, 1.54) is 12.1 Å². The Kier molecular flexibility index (Phi) is 5.44. The van der Waals surface area contributed by atoms with Crippen molar-refractivity contribution in [1.29, 1.82) is 0 Å². The van der Waals surface area contributed by atoms with Crippen LogP contribution in [0.1, 0.15) is 6.42 Å². The van der Waals surface area contributed by atoms with Crippen molar-refractivity contribution in [3.8, 4) is 0 Å². The number of carboxylic acid groups (broad SMARTS) is 1. The number of hydrogen-bond acceptors (Lipinski definition) is 3. The summed E-state index contributed by atoms with van der Waals surface area (Å²) in [6.07, 6.45) is -0.532. The second kappa shape index (κ2) is 6.85. The number of nitrogens with one attached hydrogen (secondary N) is 2. The van der Waals surface area contributed by atoms with Crippen molar-refractivity contribution in [3.05, 3.63) is 28.5 Å². The van der Waals surface area contributed by atoms with Gasteiger partial charge in [0.05, 0.1) is 10.9 Å². The van der Waals surface area contributed by atoms with E-state index in [0.29, 0.717) is 0 Å². The van der Waals surface area contributed by atoms with Crippen LogP contribution in [0, 0.1) is 5.82 Å². The summed E-state index contributed by atoms with van der Waals surface area (Å²) < 4.78 is 13.1. The minimum Gasteiger partial charge on any atom is -0.480 e. The lowest BCUT2D eigenvalue weighted by Gasteiger charge is -2.13. The lowest BCUT2D eigenvalue weighted by Crippen LogP contribution is -2.45. The van der Waals surface area contributed by atoms with E-state index in [1.807, 2.05) is 0 Å². The zero-order chi connectivity index (χ0) is 15.3. The molecule has 0 saturated carbocycles. The summed E-state index contributed by atoms with van der Waals surface area (Å²) in [6, 6.07) is 1.44. The van der Waals surface area contributed by atoms with Crippen molar-refractivity contribution in [2.24, 2.45) is 5.73 Å². The first kappa shape index (κ1) is 15.9. The van der Waals surface area contributed by atoms with Gasteiger partial charge in [0.2, 0.25) is 5.91 Å². The standard InChI is InChI=1S/C11H11BrFN3O4/c12-6-3-5(1-2-7(6)13)15-11(20)16-8(10(18)19)4-9(14)17/h1-3,8H,4H2,(H2,14,17)(H,18,19)(H2,15,16,20). The number of carbonyl (C=O) groups is 3. The van der Waals surface area contributed by atoms with Crippen LogP contribution in [0.5, 0.6) is 0 Å². The van der Waals surface area contributed by atoms with E-state index in [-0.39, 0.29) is 10.2 Å². The number of primary amides is 1. The van der Waals surface area contributed by atoms with Gasteiger partial charge in [-0.05, 0) is 34.1 Å². The summed E-state index contributed by atoms with van der Waals surface area (Å²) in [6.45, 7) is 0. The third kappa shape index (κ3) is 4.84. The molecule has 0 aliphatic carbocycles. The number of amides is 3. The van der Waals surface area contributed by atoms with Gasteiger partial charge >= 0.3 is 12.0 Å². The lowest BCUT2D eigenvalue weighted by atomic mass is 10.2. The van der Waals surface area contributed by atoms with E-state index >= 15 is 0 Å². The van der Waals surface area contributed by atoms with Crippen LogP contribution in [0.15, 0.2) is 22.7 Å². The molecule has 1 unspecified atom stereocenters. The maximum absolute atomic E-state index is 13.0. The number of carbonyl (C=O) groups excluding carboxylic acids is 2.